The summed E-state index contributed by atoms with van der Waals surface area (Å²) in [4.78, 5) is 6.69. The maximum Gasteiger partial charge on any atom is 0.0597 e. The van der Waals surface area contributed by atoms with E-state index in [4.69, 9.17) is 5.73 Å². The number of nitrogens with two attached hydrogens (primary N) is 1. The highest BCUT2D eigenvalue weighted by molar-refractivity contribution is 5.65. The fourth-order valence-corrected chi connectivity index (χ4v) is 2.18. The van der Waals surface area contributed by atoms with Crippen molar-refractivity contribution < 1.29 is 0 Å². The second-order valence-electron chi connectivity index (χ2n) is 4.76. The number of anilines is 2. The third-order valence-corrected chi connectivity index (χ3v) is 3.27. The molecule has 0 bridgehead atoms. The van der Waals surface area contributed by atoms with Gasteiger partial charge in [0.1, 0.15) is 0 Å². The van der Waals surface area contributed by atoms with Crippen LogP contribution in [-0.4, -0.2) is 11.5 Å². The molecule has 3 heteroatoms. The minimum atomic E-state index is -0.0254. The van der Waals surface area contributed by atoms with Crippen molar-refractivity contribution in [2.75, 3.05) is 11.4 Å². The normalized spacial score (nSPS) is 12.2. The number of benzene rings is 1. The Morgan fingerprint density at radius 3 is 2.47 bits per heavy atom. The van der Waals surface area contributed by atoms with Crippen LogP contribution in [-0.2, 0) is 0 Å². The Balaban J connectivity index is 2.35. The molecule has 19 heavy (non-hydrogen) atoms. The van der Waals surface area contributed by atoms with Gasteiger partial charge in [-0.1, -0.05) is 18.2 Å². The number of hydrogen-bond donors (Lipinski definition) is 1. The number of hydrogen-bond acceptors (Lipinski definition) is 3. The molecule has 0 aliphatic carbocycles. The molecule has 0 aliphatic rings. The lowest BCUT2D eigenvalue weighted by Crippen LogP contribution is -2.17. The molecule has 1 atom stereocenters. The average molecular weight is 255 g/mol. The lowest BCUT2D eigenvalue weighted by atomic mass is 10.1. The average Bonchev–Trinajstić information content (AvgIpc) is 2.42. The molecule has 0 saturated carbocycles. The molecule has 0 saturated heterocycles. The highest BCUT2D eigenvalue weighted by Crippen LogP contribution is 2.27. The highest BCUT2D eigenvalue weighted by atomic mass is 15.1. The van der Waals surface area contributed by atoms with Crippen LogP contribution in [0, 0.1) is 6.92 Å². The maximum atomic E-state index is 5.83. The van der Waals surface area contributed by atoms with E-state index in [0.29, 0.717) is 0 Å². The van der Waals surface area contributed by atoms with Gasteiger partial charge >= 0.3 is 0 Å². The van der Waals surface area contributed by atoms with Gasteiger partial charge in [-0.15, -0.1) is 0 Å². The van der Waals surface area contributed by atoms with Gasteiger partial charge in [0.15, 0.2) is 0 Å². The van der Waals surface area contributed by atoms with Crippen molar-refractivity contribution in [1.82, 2.24) is 4.98 Å². The third kappa shape index (κ3) is 2.93. The third-order valence-electron chi connectivity index (χ3n) is 3.27. The van der Waals surface area contributed by atoms with Crippen molar-refractivity contribution in [3.8, 4) is 0 Å². The Morgan fingerprint density at radius 2 is 1.95 bits per heavy atom. The highest BCUT2D eigenvalue weighted by Gasteiger charge is 2.10. The largest absolute Gasteiger partial charge is 0.340 e. The monoisotopic (exact) mass is 255 g/mol. The lowest BCUT2D eigenvalue weighted by molar-refractivity contribution is 0.780. The van der Waals surface area contributed by atoms with Crippen LogP contribution in [0.4, 0.5) is 11.4 Å². The Morgan fingerprint density at radius 1 is 1.21 bits per heavy atom. The summed E-state index contributed by atoms with van der Waals surface area (Å²) in [5, 5.41) is 0. The summed E-state index contributed by atoms with van der Waals surface area (Å²) in [5.41, 5.74) is 10.3. The molecule has 0 amide bonds. The van der Waals surface area contributed by atoms with Crippen molar-refractivity contribution in [2.45, 2.75) is 26.8 Å². The van der Waals surface area contributed by atoms with E-state index in [1.54, 1.807) is 0 Å². The summed E-state index contributed by atoms with van der Waals surface area (Å²) in [5.74, 6) is 0. The summed E-state index contributed by atoms with van der Waals surface area (Å²) in [6, 6.07) is 12.4. The Kier molecular flexibility index (Phi) is 4.17. The first-order valence-electron chi connectivity index (χ1n) is 6.68. The molecule has 0 unspecified atom stereocenters. The van der Waals surface area contributed by atoms with E-state index in [-0.39, 0.29) is 6.04 Å². The van der Waals surface area contributed by atoms with Crippen LogP contribution in [0.1, 0.15) is 31.1 Å². The number of aryl methyl sites for hydroxylation is 1. The molecule has 1 aromatic carbocycles. The molecule has 0 radical (unpaired) electrons. The SMILES string of the molecule is CCN(c1ccc([C@@H](C)N)nc1)c1ccccc1C. The fourth-order valence-electron chi connectivity index (χ4n) is 2.18. The number of para-hydroxylation sites is 1. The first-order valence-corrected chi connectivity index (χ1v) is 6.68. The summed E-state index contributed by atoms with van der Waals surface area (Å²) >= 11 is 0. The lowest BCUT2D eigenvalue weighted by Gasteiger charge is -2.25. The molecule has 1 heterocycles. The summed E-state index contributed by atoms with van der Waals surface area (Å²) in [6.45, 7) is 7.12. The van der Waals surface area contributed by atoms with Crippen LogP contribution in [0.15, 0.2) is 42.6 Å². The molecule has 2 rings (SSSR count). The molecule has 1 aromatic heterocycles. The van der Waals surface area contributed by atoms with E-state index in [1.165, 1.54) is 11.3 Å². The van der Waals surface area contributed by atoms with Gasteiger partial charge in [-0.3, -0.25) is 4.98 Å². The second-order valence-corrected chi connectivity index (χ2v) is 4.76. The first-order chi connectivity index (χ1) is 9.13. The molecule has 0 fully saturated rings. The van der Waals surface area contributed by atoms with Crippen molar-refractivity contribution >= 4 is 11.4 Å². The van der Waals surface area contributed by atoms with Gasteiger partial charge in [-0.05, 0) is 44.5 Å². The predicted octanol–water partition coefficient (Wildman–Crippen LogP) is 3.57. The zero-order valence-electron chi connectivity index (χ0n) is 11.8. The van der Waals surface area contributed by atoms with E-state index in [0.717, 1.165) is 17.9 Å². The van der Waals surface area contributed by atoms with Crippen LogP contribution in [0.2, 0.25) is 0 Å². The number of aromatic nitrogens is 1. The van der Waals surface area contributed by atoms with E-state index < -0.39 is 0 Å². The summed E-state index contributed by atoms with van der Waals surface area (Å²) < 4.78 is 0. The van der Waals surface area contributed by atoms with E-state index >= 15 is 0 Å². The fraction of sp³-hybridized carbons (Fsp3) is 0.312. The van der Waals surface area contributed by atoms with Crippen molar-refractivity contribution in [1.29, 1.82) is 0 Å². The standard InChI is InChI=1S/C16H21N3/c1-4-19(16-8-6-5-7-12(16)2)14-9-10-15(13(3)17)18-11-14/h5-11,13H,4,17H2,1-3H3/t13-/m1/s1. The van der Waals surface area contributed by atoms with Gasteiger partial charge in [-0.25, -0.2) is 0 Å². The molecule has 0 aliphatic heterocycles. The molecule has 2 N–H and O–H groups in total. The Bertz CT molecular complexity index is 532. The predicted molar refractivity (Wildman–Crippen MR) is 80.7 cm³/mol. The van der Waals surface area contributed by atoms with E-state index in [9.17, 15) is 0 Å². The van der Waals surface area contributed by atoms with E-state index in [2.05, 4.69) is 54.1 Å². The van der Waals surface area contributed by atoms with Gasteiger partial charge < -0.3 is 10.6 Å². The van der Waals surface area contributed by atoms with Gasteiger partial charge in [0.2, 0.25) is 0 Å². The zero-order chi connectivity index (χ0) is 13.8. The van der Waals surface area contributed by atoms with Crippen LogP contribution in [0.3, 0.4) is 0 Å². The van der Waals surface area contributed by atoms with Gasteiger partial charge in [-0.2, -0.15) is 0 Å². The zero-order valence-corrected chi connectivity index (χ0v) is 11.8. The van der Waals surface area contributed by atoms with Crippen molar-refractivity contribution in [3.63, 3.8) is 0 Å². The van der Waals surface area contributed by atoms with Gasteiger partial charge in [0.05, 0.1) is 17.6 Å². The number of pyridine rings is 1. The van der Waals surface area contributed by atoms with Crippen LogP contribution >= 0.6 is 0 Å². The summed E-state index contributed by atoms with van der Waals surface area (Å²) in [6.07, 6.45) is 1.90. The van der Waals surface area contributed by atoms with Crippen molar-refractivity contribution in [2.24, 2.45) is 5.73 Å². The van der Waals surface area contributed by atoms with Gasteiger partial charge in [0, 0.05) is 18.3 Å². The molecule has 100 valence electrons. The van der Waals surface area contributed by atoms with Crippen LogP contribution in [0.5, 0.6) is 0 Å². The van der Waals surface area contributed by atoms with Crippen LogP contribution in [0.25, 0.3) is 0 Å². The molecule has 2 aromatic rings. The Labute approximate surface area is 115 Å². The number of nitrogens with zero attached hydrogens (tertiary/aromatic N) is 2. The molecular formula is C16H21N3. The van der Waals surface area contributed by atoms with E-state index in [1.807, 2.05) is 19.2 Å². The summed E-state index contributed by atoms with van der Waals surface area (Å²) in [7, 11) is 0. The second kappa shape index (κ2) is 5.85. The molecule has 0 spiro atoms. The first kappa shape index (κ1) is 13.6. The minimum Gasteiger partial charge on any atom is -0.340 e. The van der Waals surface area contributed by atoms with Gasteiger partial charge in [0.25, 0.3) is 0 Å². The molecular weight excluding hydrogens is 234 g/mol. The van der Waals surface area contributed by atoms with Crippen LogP contribution < -0.4 is 10.6 Å². The minimum absolute atomic E-state index is 0.0254. The maximum absolute atomic E-state index is 5.83. The van der Waals surface area contributed by atoms with Crippen molar-refractivity contribution in [3.05, 3.63) is 53.9 Å². The quantitative estimate of drug-likeness (QED) is 0.908. The topological polar surface area (TPSA) is 42.1 Å². The smallest absolute Gasteiger partial charge is 0.0597 e. The Hall–Kier alpha value is -1.87. The molecule has 3 nitrogen and oxygen atoms in total. The number of rotatable bonds is 4.